The quantitative estimate of drug-likeness (QED) is 0.602. The minimum absolute atomic E-state index is 0.0166. The van der Waals surface area contributed by atoms with Crippen molar-refractivity contribution < 1.29 is 9.59 Å². The van der Waals surface area contributed by atoms with Crippen molar-refractivity contribution in [3.8, 4) is 0 Å². The molecule has 1 aliphatic rings. The number of aromatic nitrogens is 3. The Labute approximate surface area is 170 Å². The largest absolute Gasteiger partial charge is 0.342 e. The lowest BCUT2D eigenvalue weighted by atomic mass is 10.0. The summed E-state index contributed by atoms with van der Waals surface area (Å²) in [5.74, 6) is -0.732. The minimum atomic E-state index is -0.875. The highest BCUT2D eigenvalue weighted by atomic mass is 16.2. The van der Waals surface area contributed by atoms with Crippen LogP contribution in [0.3, 0.4) is 0 Å². The first kappa shape index (κ1) is 19.3. The number of hydrogen-bond donors (Lipinski definition) is 3. The lowest BCUT2D eigenvalue weighted by molar-refractivity contribution is -0.118. The lowest BCUT2D eigenvalue weighted by Gasteiger charge is -2.29. The van der Waals surface area contributed by atoms with Crippen LogP contribution < -0.4 is 21.5 Å². The Morgan fingerprint density at radius 1 is 1.07 bits per heavy atom. The molecule has 0 saturated heterocycles. The van der Waals surface area contributed by atoms with Gasteiger partial charge in [0, 0.05) is 17.9 Å². The van der Waals surface area contributed by atoms with Crippen molar-refractivity contribution in [3.63, 3.8) is 0 Å². The minimum Gasteiger partial charge on any atom is -0.320 e. The van der Waals surface area contributed by atoms with Gasteiger partial charge in [-0.15, -0.1) is 0 Å². The number of carbonyl (C=O) groups is 2. The molecule has 3 aromatic rings. The van der Waals surface area contributed by atoms with E-state index < -0.39 is 22.9 Å². The molecule has 30 heavy (non-hydrogen) atoms. The van der Waals surface area contributed by atoms with Crippen LogP contribution in [0.4, 0.5) is 11.4 Å². The molecule has 9 nitrogen and oxygen atoms in total. The van der Waals surface area contributed by atoms with Crippen LogP contribution in [0, 0.1) is 0 Å². The number of nitrogens with zero attached hydrogens (tertiary/aromatic N) is 2. The molecule has 4 rings (SSSR count). The first-order chi connectivity index (χ1) is 14.5. The molecule has 0 unspecified atom stereocenters. The average Bonchev–Trinajstić information content (AvgIpc) is 2.74. The Kier molecular flexibility index (Phi) is 5.25. The van der Waals surface area contributed by atoms with Crippen LogP contribution in [-0.2, 0) is 17.6 Å². The number of anilines is 2. The number of nitrogens with one attached hydrogen (secondary N) is 3. The first-order valence-corrected chi connectivity index (χ1v) is 9.49. The number of carbonyl (C=O) groups excluding carboxylic acids is 2. The monoisotopic (exact) mass is 405 g/mol. The second-order valence-electron chi connectivity index (χ2n) is 6.96. The van der Waals surface area contributed by atoms with Crippen LogP contribution >= 0.6 is 0 Å². The normalized spacial score (nSPS) is 12.9. The molecule has 9 heteroatoms. The standard InChI is InChI=1S/C21H19N5O4/c27-17(26-11-3-5-14-4-1-2-6-16(14)26)12-13-7-9-15(10-8-13)22-19(28)18-20(29)23-21(30)25-24-18/h1-2,4,6-10H,3,5,11-12H2,(H,22,28)(H2,23,25,29,30). The van der Waals surface area contributed by atoms with Crippen molar-refractivity contribution in [2.75, 3.05) is 16.8 Å². The van der Waals surface area contributed by atoms with Crippen LogP contribution in [0.2, 0.25) is 0 Å². The molecule has 2 amide bonds. The number of fused-ring (bicyclic) bond motifs is 1. The Hall–Kier alpha value is -4.01. The van der Waals surface area contributed by atoms with Gasteiger partial charge in [-0.05, 0) is 42.2 Å². The Balaban J connectivity index is 1.43. The number of H-pyrrole nitrogens is 2. The Morgan fingerprint density at radius 3 is 2.60 bits per heavy atom. The highest BCUT2D eigenvalue weighted by Gasteiger charge is 2.22. The van der Waals surface area contributed by atoms with Gasteiger partial charge in [0.1, 0.15) is 0 Å². The zero-order valence-electron chi connectivity index (χ0n) is 16.0. The Morgan fingerprint density at radius 2 is 1.83 bits per heavy atom. The average molecular weight is 405 g/mol. The van der Waals surface area contributed by atoms with Gasteiger partial charge in [0.2, 0.25) is 11.6 Å². The number of aromatic amines is 2. The van der Waals surface area contributed by atoms with Crippen molar-refractivity contribution in [1.82, 2.24) is 15.2 Å². The summed E-state index contributed by atoms with van der Waals surface area (Å²) in [5.41, 5.74) is 1.28. The summed E-state index contributed by atoms with van der Waals surface area (Å²) in [5, 5.41) is 8.01. The van der Waals surface area contributed by atoms with Gasteiger partial charge in [-0.25, -0.2) is 9.89 Å². The van der Waals surface area contributed by atoms with Crippen molar-refractivity contribution in [2.24, 2.45) is 0 Å². The van der Waals surface area contributed by atoms with E-state index in [0.29, 0.717) is 12.2 Å². The highest BCUT2D eigenvalue weighted by molar-refractivity contribution is 6.02. The molecule has 1 aromatic heterocycles. The predicted octanol–water partition coefficient (Wildman–Crippen LogP) is 1.23. The summed E-state index contributed by atoms with van der Waals surface area (Å²) in [7, 11) is 0. The van der Waals surface area contributed by atoms with Crippen LogP contribution in [0.1, 0.15) is 28.0 Å². The molecule has 2 aromatic carbocycles. The highest BCUT2D eigenvalue weighted by Crippen LogP contribution is 2.27. The van der Waals surface area contributed by atoms with Crippen LogP contribution in [0.15, 0.2) is 58.1 Å². The van der Waals surface area contributed by atoms with E-state index in [2.05, 4.69) is 16.5 Å². The van der Waals surface area contributed by atoms with Crippen molar-refractivity contribution in [1.29, 1.82) is 0 Å². The molecule has 0 radical (unpaired) electrons. The van der Waals surface area contributed by atoms with E-state index in [0.717, 1.165) is 24.1 Å². The van der Waals surface area contributed by atoms with Gasteiger partial charge in [0.05, 0.1) is 6.42 Å². The predicted molar refractivity (Wildman–Crippen MR) is 111 cm³/mol. The van der Waals surface area contributed by atoms with Gasteiger partial charge in [-0.3, -0.25) is 19.4 Å². The number of para-hydroxylation sites is 1. The van der Waals surface area contributed by atoms with Crippen molar-refractivity contribution in [2.45, 2.75) is 19.3 Å². The molecule has 0 aliphatic carbocycles. The molecule has 0 saturated carbocycles. The summed E-state index contributed by atoms with van der Waals surface area (Å²) in [4.78, 5) is 51.4. The number of benzene rings is 2. The summed E-state index contributed by atoms with van der Waals surface area (Å²) in [6.07, 6.45) is 2.15. The van der Waals surface area contributed by atoms with Gasteiger partial charge < -0.3 is 10.2 Å². The summed E-state index contributed by atoms with van der Waals surface area (Å²) in [6, 6.07) is 14.7. The van der Waals surface area contributed by atoms with E-state index in [1.54, 1.807) is 24.3 Å². The molecule has 1 aliphatic heterocycles. The smallest absolute Gasteiger partial charge is 0.320 e. The zero-order chi connectivity index (χ0) is 21.1. The summed E-state index contributed by atoms with van der Waals surface area (Å²) < 4.78 is 0. The van der Waals surface area contributed by atoms with E-state index in [9.17, 15) is 19.2 Å². The maximum absolute atomic E-state index is 12.8. The van der Waals surface area contributed by atoms with E-state index in [1.165, 1.54) is 5.56 Å². The molecule has 0 atom stereocenters. The van der Waals surface area contributed by atoms with Crippen molar-refractivity contribution >= 4 is 23.2 Å². The van der Waals surface area contributed by atoms with Gasteiger partial charge in [-0.2, -0.15) is 5.10 Å². The molecular weight excluding hydrogens is 386 g/mol. The number of hydrogen-bond acceptors (Lipinski definition) is 5. The van der Waals surface area contributed by atoms with Gasteiger partial charge in [0.25, 0.3) is 11.5 Å². The fourth-order valence-corrected chi connectivity index (χ4v) is 3.46. The van der Waals surface area contributed by atoms with E-state index >= 15 is 0 Å². The first-order valence-electron chi connectivity index (χ1n) is 9.49. The molecule has 2 heterocycles. The number of rotatable bonds is 4. The second kappa shape index (κ2) is 8.16. The van der Waals surface area contributed by atoms with Gasteiger partial charge in [0.15, 0.2) is 0 Å². The zero-order valence-corrected chi connectivity index (χ0v) is 16.0. The van der Waals surface area contributed by atoms with Crippen LogP contribution in [0.5, 0.6) is 0 Å². The molecule has 0 spiro atoms. The molecule has 0 bridgehead atoms. The third-order valence-electron chi connectivity index (χ3n) is 4.90. The van der Waals surface area contributed by atoms with Crippen LogP contribution in [-0.4, -0.2) is 33.5 Å². The fraction of sp³-hybridized carbons (Fsp3) is 0.190. The molecule has 152 valence electrons. The van der Waals surface area contributed by atoms with E-state index in [4.69, 9.17) is 0 Å². The third kappa shape index (κ3) is 4.04. The molecule has 0 fully saturated rings. The maximum Gasteiger partial charge on any atom is 0.342 e. The molecule has 3 N–H and O–H groups in total. The van der Waals surface area contributed by atoms with Gasteiger partial charge >= 0.3 is 5.69 Å². The summed E-state index contributed by atoms with van der Waals surface area (Å²) >= 11 is 0. The number of amides is 2. The summed E-state index contributed by atoms with van der Waals surface area (Å²) in [6.45, 7) is 0.699. The van der Waals surface area contributed by atoms with E-state index in [1.807, 2.05) is 33.2 Å². The third-order valence-corrected chi connectivity index (χ3v) is 4.90. The maximum atomic E-state index is 12.8. The molecular formula is C21H19N5O4. The second-order valence-corrected chi connectivity index (χ2v) is 6.96. The van der Waals surface area contributed by atoms with Gasteiger partial charge in [-0.1, -0.05) is 30.3 Å². The number of aryl methyl sites for hydroxylation is 1. The fourth-order valence-electron chi connectivity index (χ4n) is 3.46. The van der Waals surface area contributed by atoms with Crippen LogP contribution in [0.25, 0.3) is 0 Å². The lowest BCUT2D eigenvalue weighted by Crippen LogP contribution is -2.36. The topological polar surface area (TPSA) is 128 Å². The van der Waals surface area contributed by atoms with E-state index in [-0.39, 0.29) is 12.3 Å². The SMILES string of the molecule is O=C(Nc1ccc(CC(=O)N2CCCc3ccccc32)cc1)c1n[nH]c(=O)[nH]c1=O. The Bertz CT molecular complexity index is 1210. The van der Waals surface area contributed by atoms with Crippen molar-refractivity contribution in [3.05, 3.63) is 86.2 Å².